The zero-order chi connectivity index (χ0) is 24.9. The standard InChI is InChI=1S/C28H34F2N2O3/c1-16(2)34-21-10-18(9-20(29)12-21)22-11-19-14-28(3,4)26(23(19)13-24(22)30)31-27(33)35-25-15-32-7-5-17(25)6-8-32/h9-13,16-17,25-26H,5-8,14-15H2,1-4H3,(H,31,33)/t25-,26+/m1/s1. The molecule has 1 aliphatic carbocycles. The van der Waals surface area contributed by atoms with Gasteiger partial charge in [-0.1, -0.05) is 13.8 Å². The Hall–Kier alpha value is -2.67. The second-order valence-corrected chi connectivity index (χ2v) is 11.2. The predicted molar refractivity (Wildman–Crippen MR) is 130 cm³/mol. The molecule has 3 saturated heterocycles. The van der Waals surface area contributed by atoms with Crippen LogP contribution in [0.3, 0.4) is 0 Å². The lowest BCUT2D eigenvalue weighted by Gasteiger charge is -2.44. The molecule has 3 heterocycles. The van der Waals surface area contributed by atoms with E-state index in [9.17, 15) is 9.18 Å². The molecule has 1 amide bonds. The van der Waals surface area contributed by atoms with Gasteiger partial charge in [0.25, 0.3) is 0 Å². The summed E-state index contributed by atoms with van der Waals surface area (Å²) >= 11 is 0. The minimum Gasteiger partial charge on any atom is -0.491 e. The zero-order valence-corrected chi connectivity index (χ0v) is 20.9. The summed E-state index contributed by atoms with van der Waals surface area (Å²) in [5, 5.41) is 3.03. The Morgan fingerprint density at radius 2 is 1.86 bits per heavy atom. The average Bonchev–Trinajstić information content (AvgIpc) is 3.02. The van der Waals surface area contributed by atoms with Crippen LogP contribution in [-0.2, 0) is 11.2 Å². The summed E-state index contributed by atoms with van der Waals surface area (Å²) < 4.78 is 41.1. The number of fused-ring (bicyclic) bond motifs is 4. The minimum absolute atomic E-state index is 0.0872. The molecule has 6 rings (SSSR count). The third kappa shape index (κ3) is 4.88. The summed E-state index contributed by atoms with van der Waals surface area (Å²) in [6, 6.07) is 7.17. The number of nitrogens with one attached hydrogen (secondary N) is 1. The number of ether oxygens (including phenoxy) is 2. The van der Waals surface area contributed by atoms with Crippen molar-refractivity contribution in [2.75, 3.05) is 19.6 Å². The Balaban J connectivity index is 1.38. The van der Waals surface area contributed by atoms with Crippen LogP contribution in [-0.4, -0.2) is 42.8 Å². The third-order valence-electron chi connectivity index (χ3n) is 7.64. The molecule has 188 valence electrons. The maximum Gasteiger partial charge on any atom is 0.407 e. The van der Waals surface area contributed by atoms with E-state index < -0.39 is 17.7 Å². The van der Waals surface area contributed by atoms with Gasteiger partial charge in [-0.15, -0.1) is 0 Å². The van der Waals surface area contributed by atoms with Gasteiger partial charge in [-0.25, -0.2) is 13.6 Å². The van der Waals surface area contributed by atoms with Crippen molar-refractivity contribution in [1.82, 2.24) is 10.2 Å². The Morgan fingerprint density at radius 3 is 2.51 bits per heavy atom. The molecule has 3 aliphatic heterocycles. The largest absolute Gasteiger partial charge is 0.491 e. The third-order valence-corrected chi connectivity index (χ3v) is 7.64. The van der Waals surface area contributed by atoms with Gasteiger partial charge >= 0.3 is 6.09 Å². The lowest BCUT2D eigenvalue weighted by atomic mass is 9.85. The van der Waals surface area contributed by atoms with Gasteiger partial charge in [0.15, 0.2) is 0 Å². The Morgan fingerprint density at radius 1 is 1.11 bits per heavy atom. The van der Waals surface area contributed by atoms with Crippen LogP contribution in [0, 0.1) is 23.0 Å². The van der Waals surface area contributed by atoms with E-state index in [1.165, 1.54) is 18.2 Å². The molecule has 2 aromatic rings. The number of amides is 1. The highest BCUT2D eigenvalue weighted by molar-refractivity contribution is 5.71. The van der Waals surface area contributed by atoms with E-state index in [-0.39, 0.29) is 23.7 Å². The first kappa shape index (κ1) is 24.0. The lowest BCUT2D eigenvalue weighted by Crippen LogP contribution is -2.53. The van der Waals surface area contributed by atoms with Gasteiger partial charge in [0.05, 0.1) is 12.1 Å². The maximum absolute atomic E-state index is 15.4. The van der Waals surface area contributed by atoms with E-state index in [2.05, 4.69) is 24.1 Å². The zero-order valence-electron chi connectivity index (χ0n) is 20.9. The number of alkyl carbamates (subject to hydrolysis) is 1. The molecule has 0 aromatic heterocycles. The summed E-state index contributed by atoms with van der Waals surface area (Å²) in [6.45, 7) is 10.8. The topological polar surface area (TPSA) is 50.8 Å². The van der Waals surface area contributed by atoms with Gasteiger partial charge < -0.3 is 14.8 Å². The second kappa shape index (κ2) is 9.08. The summed E-state index contributed by atoms with van der Waals surface area (Å²) in [5.74, 6) is -0.149. The van der Waals surface area contributed by atoms with Crippen LogP contribution >= 0.6 is 0 Å². The van der Waals surface area contributed by atoms with E-state index in [0.717, 1.165) is 43.6 Å². The van der Waals surface area contributed by atoms with Crippen molar-refractivity contribution < 1.29 is 23.0 Å². The number of carbonyl (C=O) groups is 1. The number of carbonyl (C=O) groups excluding carboxylic acids is 1. The Bertz CT molecular complexity index is 1130. The molecule has 0 radical (unpaired) electrons. The van der Waals surface area contributed by atoms with Crippen molar-refractivity contribution in [3.8, 4) is 16.9 Å². The smallest absolute Gasteiger partial charge is 0.407 e. The summed E-state index contributed by atoms with van der Waals surface area (Å²) in [5.41, 5.74) is 2.11. The van der Waals surface area contributed by atoms with Crippen LogP contribution in [0.5, 0.6) is 5.75 Å². The molecule has 2 atom stereocenters. The fraction of sp³-hybridized carbons (Fsp3) is 0.536. The molecule has 0 unspecified atom stereocenters. The summed E-state index contributed by atoms with van der Waals surface area (Å²) in [7, 11) is 0. The fourth-order valence-electron chi connectivity index (χ4n) is 5.96. The number of hydrogen-bond acceptors (Lipinski definition) is 4. The van der Waals surface area contributed by atoms with Gasteiger partial charge in [-0.05, 0) is 98.5 Å². The first-order valence-electron chi connectivity index (χ1n) is 12.6. The number of halogens is 2. The number of nitrogens with zero attached hydrogens (tertiary/aromatic N) is 1. The highest BCUT2D eigenvalue weighted by Gasteiger charge is 2.42. The van der Waals surface area contributed by atoms with Gasteiger partial charge in [-0.3, -0.25) is 4.90 Å². The number of hydrogen-bond donors (Lipinski definition) is 1. The normalized spacial score (nSPS) is 26.5. The summed E-state index contributed by atoms with van der Waals surface area (Å²) in [4.78, 5) is 15.2. The molecule has 0 saturated carbocycles. The maximum atomic E-state index is 15.4. The average molecular weight is 485 g/mol. The first-order valence-corrected chi connectivity index (χ1v) is 12.6. The van der Waals surface area contributed by atoms with E-state index >= 15 is 4.39 Å². The van der Waals surface area contributed by atoms with Crippen LogP contribution in [0.4, 0.5) is 13.6 Å². The van der Waals surface area contributed by atoms with Crippen molar-refractivity contribution in [3.63, 3.8) is 0 Å². The van der Waals surface area contributed by atoms with Crippen LogP contribution in [0.25, 0.3) is 11.1 Å². The van der Waals surface area contributed by atoms with Gasteiger partial charge in [0.1, 0.15) is 23.5 Å². The van der Waals surface area contributed by atoms with Crippen molar-refractivity contribution >= 4 is 6.09 Å². The molecule has 3 fully saturated rings. The van der Waals surface area contributed by atoms with Crippen molar-refractivity contribution in [1.29, 1.82) is 0 Å². The van der Waals surface area contributed by atoms with Crippen molar-refractivity contribution in [3.05, 3.63) is 53.1 Å². The molecule has 4 aliphatic rings. The van der Waals surface area contributed by atoms with Gasteiger partial charge in [0.2, 0.25) is 0 Å². The second-order valence-electron chi connectivity index (χ2n) is 11.2. The van der Waals surface area contributed by atoms with Crippen LogP contribution in [0.2, 0.25) is 0 Å². The molecular formula is C28H34F2N2O3. The van der Waals surface area contributed by atoms with E-state index in [4.69, 9.17) is 9.47 Å². The molecule has 1 N–H and O–H groups in total. The number of rotatable bonds is 5. The van der Waals surface area contributed by atoms with E-state index in [1.54, 1.807) is 12.1 Å². The monoisotopic (exact) mass is 484 g/mol. The quantitative estimate of drug-likeness (QED) is 0.577. The highest BCUT2D eigenvalue weighted by atomic mass is 19.1. The van der Waals surface area contributed by atoms with Crippen LogP contribution in [0.15, 0.2) is 30.3 Å². The van der Waals surface area contributed by atoms with E-state index in [1.807, 2.05) is 13.8 Å². The van der Waals surface area contributed by atoms with E-state index in [0.29, 0.717) is 29.2 Å². The van der Waals surface area contributed by atoms with Gasteiger partial charge in [-0.2, -0.15) is 0 Å². The van der Waals surface area contributed by atoms with Crippen LogP contribution in [0.1, 0.15) is 57.7 Å². The van der Waals surface area contributed by atoms with Crippen LogP contribution < -0.4 is 10.1 Å². The first-order chi connectivity index (χ1) is 16.6. The molecule has 35 heavy (non-hydrogen) atoms. The summed E-state index contributed by atoms with van der Waals surface area (Å²) in [6.07, 6.45) is 2.13. The lowest BCUT2D eigenvalue weighted by molar-refractivity contribution is -0.0349. The SMILES string of the molecule is CC(C)Oc1cc(F)cc(-c2cc3c(cc2F)[C@H](NC(=O)O[C@@H]2CN4CCC2CC4)C(C)(C)C3)c1. The minimum atomic E-state index is -0.478. The highest BCUT2D eigenvalue weighted by Crippen LogP contribution is 2.47. The number of piperidine rings is 3. The molecule has 2 aromatic carbocycles. The molecular weight excluding hydrogens is 450 g/mol. The molecule has 7 heteroatoms. The van der Waals surface area contributed by atoms with Crippen molar-refractivity contribution in [2.24, 2.45) is 11.3 Å². The molecule has 5 nitrogen and oxygen atoms in total. The Labute approximate surface area is 205 Å². The fourth-order valence-corrected chi connectivity index (χ4v) is 5.96. The number of benzene rings is 2. The molecule has 2 bridgehead atoms. The predicted octanol–water partition coefficient (Wildman–Crippen LogP) is 5.86. The molecule has 0 spiro atoms. The van der Waals surface area contributed by atoms with Crippen molar-refractivity contribution in [2.45, 2.75) is 65.2 Å². The Kier molecular flexibility index (Phi) is 6.24. The van der Waals surface area contributed by atoms with Gasteiger partial charge in [0, 0.05) is 18.2 Å².